The van der Waals surface area contributed by atoms with Crippen LogP contribution in [0, 0.1) is 18.3 Å². The Kier molecular flexibility index (Phi) is 3.43. The van der Waals surface area contributed by atoms with Crippen molar-refractivity contribution in [1.29, 1.82) is 5.26 Å². The lowest BCUT2D eigenvalue weighted by Crippen LogP contribution is -1.95. The number of ether oxygens (including phenoxy) is 1. The molecule has 0 radical (unpaired) electrons. The van der Waals surface area contributed by atoms with Gasteiger partial charge < -0.3 is 4.74 Å². The SMILES string of the molecule is Cc1ccnc(Oc2ccc(Cl)c3cccnc23)c1C#N. The first-order valence-electron chi connectivity index (χ1n) is 6.27. The largest absolute Gasteiger partial charge is 0.435 e. The van der Waals surface area contributed by atoms with Crippen LogP contribution in [0.5, 0.6) is 11.6 Å². The summed E-state index contributed by atoms with van der Waals surface area (Å²) in [6.07, 6.45) is 3.28. The van der Waals surface area contributed by atoms with E-state index in [4.69, 9.17) is 16.3 Å². The van der Waals surface area contributed by atoms with Crippen molar-refractivity contribution in [3.63, 3.8) is 0 Å². The molecule has 2 aromatic heterocycles. The maximum Gasteiger partial charge on any atom is 0.237 e. The Morgan fingerprint density at radius 3 is 2.81 bits per heavy atom. The van der Waals surface area contributed by atoms with Gasteiger partial charge in [-0.2, -0.15) is 5.26 Å². The molecule has 0 aliphatic heterocycles. The standard InChI is InChI=1S/C16H10ClN3O/c1-10-6-8-20-16(12(10)9-18)21-14-5-4-13(17)11-3-2-7-19-15(11)14/h2-8H,1H3. The van der Waals surface area contributed by atoms with Crippen LogP contribution in [0.15, 0.2) is 42.7 Å². The Morgan fingerprint density at radius 1 is 1.14 bits per heavy atom. The van der Waals surface area contributed by atoms with E-state index in [1.165, 1.54) is 0 Å². The maximum atomic E-state index is 9.23. The van der Waals surface area contributed by atoms with Gasteiger partial charge in [0, 0.05) is 17.8 Å². The molecule has 2 heterocycles. The molecule has 0 spiro atoms. The zero-order chi connectivity index (χ0) is 14.8. The van der Waals surface area contributed by atoms with Crippen molar-refractivity contribution in [2.24, 2.45) is 0 Å². The monoisotopic (exact) mass is 295 g/mol. The lowest BCUT2D eigenvalue weighted by molar-refractivity contribution is 0.465. The number of hydrogen-bond acceptors (Lipinski definition) is 4. The third kappa shape index (κ3) is 2.39. The van der Waals surface area contributed by atoms with E-state index in [9.17, 15) is 5.26 Å². The fraction of sp³-hybridized carbons (Fsp3) is 0.0625. The molecule has 3 aromatic rings. The molecule has 0 saturated carbocycles. The highest BCUT2D eigenvalue weighted by atomic mass is 35.5. The summed E-state index contributed by atoms with van der Waals surface area (Å²) in [7, 11) is 0. The summed E-state index contributed by atoms with van der Waals surface area (Å²) in [6, 6.07) is 11.0. The molecular weight excluding hydrogens is 286 g/mol. The Labute approximate surface area is 126 Å². The van der Waals surface area contributed by atoms with Crippen molar-refractivity contribution in [1.82, 2.24) is 9.97 Å². The topological polar surface area (TPSA) is 58.8 Å². The van der Waals surface area contributed by atoms with Crippen molar-refractivity contribution < 1.29 is 4.74 Å². The van der Waals surface area contributed by atoms with E-state index >= 15 is 0 Å². The fourth-order valence-electron chi connectivity index (χ4n) is 2.05. The first-order chi connectivity index (χ1) is 10.2. The van der Waals surface area contributed by atoms with Gasteiger partial charge in [0.25, 0.3) is 0 Å². The van der Waals surface area contributed by atoms with E-state index in [0.29, 0.717) is 21.9 Å². The highest BCUT2D eigenvalue weighted by Gasteiger charge is 2.12. The third-order valence-corrected chi connectivity index (χ3v) is 3.45. The summed E-state index contributed by atoms with van der Waals surface area (Å²) in [5.41, 5.74) is 1.86. The first kappa shape index (κ1) is 13.3. The number of halogens is 1. The number of aryl methyl sites for hydroxylation is 1. The van der Waals surface area contributed by atoms with Gasteiger partial charge in [-0.25, -0.2) is 4.98 Å². The fourth-order valence-corrected chi connectivity index (χ4v) is 2.26. The molecule has 0 atom stereocenters. The summed E-state index contributed by atoms with van der Waals surface area (Å²) >= 11 is 6.15. The van der Waals surface area contributed by atoms with E-state index in [-0.39, 0.29) is 5.88 Å². The van der Waals surface area contributed by atoms with Gasteiger partial charge in [0.05, 0.1) is 5.02 Å². The number of aromatic nitrogens is 2. The lowest BCUT2D eigenvalue weighted by Gasteiger charge is -2.10. The number of benzene rings is 1. The van der Waals surface area contributed by atoms with Crippen LogP contribution < -0.4 is 4.74 Å². The highest BCUT2D eigenvalue weighted by molar-refractivity contribution is 6.35. The van der Waals surface area contributed by atoms with Crippen LogP contribution in [0.25, 0.3) is 10.9 Å². The second-order valence-corrected chi connectivity index (χ2v) is 4.87. The number of hydrogen-bond donors (Lipinski definition) is 0. The van der Waals surface area contributed by atoms with Gasteiger partial charge in [-0.1, -0.05) is 11.6 Å². The van der Waals surface area contributed by atoms with E-state index in [2.05, 4.69) is 16.0 Å². The molecule has 1 aromatic carbocycles. The zero-order valence-electron chi connectivity index (χ0n) is 11.2. The average molecular weight is 296 g/mol. The highest BCUT2D eigenvalue weighted by Crippen LogP contribution is 2.33. The minimum atomic E-state index is 0.270. The smallest absolute Gasteiger partial charge is 0.237 e. The molecule has 3 rings (SSSR count). The second kappa shape index (κ2) is 5.39. The van der Waals surface area contributed by atoms with Crippen molar-refractivity contribution in [3.8, 4) is 17.7 Å². The molecule has 0 saturated heterocycles. The van der Waals surface area contributed by atoms with Crippen LogP contribution in [0.2, 0.25) is 5.02 Å². The number of fused-ring (bicyclic) bond motifs is 1. The van der Waals surface area contributed by atoms with Crippen LogP contribution >= 0.6 is 11.6 Å². The van der Waals surface area contributed by atoms with Gasteiger partial charge in [-0.3, -0.25) is 4.98 Å². The number of pyridine rings is 2. The van der Waals surface area contributed by atoms with Crippen LogP contribution in [0.4, 0.5) is 0 Å². The van der Waals surface area contributed by atoms with Crippen molar-refractivity contribution >= 4 is 22.5 Å². The van der Waals surface area contributed by atoms with E-state index < -0.39 is 0 Å². The predicted octanol–water partition coefficient (Wildman–Crippen LogP) is 4.26. The molecule has 0 bridgehead atoms. The number of rotatable bonds is 2. The average Bonchev–Trinajstić information content (AvgIpc) is 2.51. The molecule has 21 heavy (non-hydrogen) atoms. The first-order valence-corrected chi connectivity index (χ1v) is 6.65. The quantitative estimate of drug-likeness (QED) is 0.709. The summed E-state index contributed by atoms with van der Waals surface area (Å²) in [6.45, 7) is 1.84. The van der Waals surface area contributed by atoms with Gasteiger partial charge in [-0.05, 0) is 42.8 Å². The molecular formula is C16H10ClN3O. The van der Waals surface area contributed by atoms with Gasteiger partial charge in [0.2, 0.25) is 5.88 Å². The molecule has 0 N–H and O–H groups in total. The van der Waals surface area contributed by atoms with E-state index in [1.807, 2.05) is 19.1 Å². The van der Waals surface area contributed by atoms with Crippen LogP contribution in [-0.2, 0) is 0 Å². The number of nitriles is 1. The van der Waals surface area contributed by atoms with Gasteiger partial charge in [0.1, 0.15) is 17.1 Å². The Morgan fingerprint density at radius 2 is 2.00 bits per heavy atom. The number of nitrogens with zero attached hydrogens (tertiary/aromatic N) is 3. The van der Waals surface area contributed by atoms with Crippen LogP contribution in [-0.4, -0.2) is 9.97 Å². The second-order valence-electron chi connectivity index (χ2n) is 4.47. The van der Waals surface area contributed by atoms with Gasteiger partial charge >= 0.3 is 0 Å². The minimum Gasteiger partial charge on any atom is -0.435 e. The Bertz CT molecular complexity index is 871. The maximum absolute atomic E-state index is 9.23. The van der Waals surface area contributed by atoms with Gasteiger partial charge in [-0.15, -0.1) is 0 Å². The minimum absolute atomic E-state index is 0.270. The normalized spacial score (nSPS) is 10.3. The Hall–Kier alpha value is -2.64. The predicted molar refractivity (Wildman–Crippen MR) is 80.5 cm³/mol. The molecule has 0 unspecified atom stereocenters. The van der Waals surface area contributed by atoms with E-state index in [0.717, 1.165) is 10.9 Å². The van der Waals surface area contributed by atoms with Gasteiger partial charge in [0.15, 0.2) is 5.75 Å². The lowest BCUT2D eigenvalue weighted by atomic mass is 10.1. The molecule has 0 aliphatic rings. The molecule has 4 nitrogen and oxygen atoms in total. The van der Waals surface area contributed by atoms with Crippen molar-refractivity contribution in [2.75, 3.05) is 0 Å². The summed E-state index contributed by atoms with van der Waals surface area (Å²) in [5.74, 6) is 0.788. The van der Waals surface area contributed by atoms with Crippen molar-refractivity contribution in [2.45, 2.75) is 6.92 Å². The Balaban J connectivity index is 2.14. The van der Waals surface area contributed by atoms with Crippen LogP contribution in [0.1, 0.15) is 11.1 Å². The molecule has 0 aliphatic carbocycles. The zero-order valence-corrected chi connectivity index (χ0v) is 11.9. The van der Waals surface area contributed by atoms with E-state index in [1.54, 1.807) is 30.6 Å². The molecule has 5 heteroatoms. The molecule has 0 fully saturated rings. The summed E-state index contributed by atoms with van der Waals surface area (Å²) in [4.78, 5) is 8.43. The summed E-state index contributed by atoms with van der Waals surface area (Å²) < 4.78 is 5.79. The third-order valence-electron chi connectivity index (χ3n) is 3.12. The summed E-state index contributed by atoms with van der Waals surface area (Å²) in [5, 5.41) is 10.6. The molecule has 102 valence electrons. The van der Waals surface area contributed by atoms with Crippen LogP contribution in [0.3, 0.4) is 0 Å². The van der Waals surface area contributed by atoms with Crippen molar-refractivity contribution in [3.05, 3.63) is 58.9 Å². The molecule has 0 amide bonds.